The van der Waals surface area contributed by atoms with Gasteiger partial charge in [0.1, 0.15) is 0 Å². The zero-order valence-electron chi connectivity index (χ0n) is 10.1. The Morgan fingerprint density at radius 3 is 1.21 bits per heavy atom. The fourth-order valence-electron chi connectivity index (χ4n) is 1.22. The molecule has 0 atom stereocenters. The largest absolute Gasteiger partial charge is 0.435 e. The molecule has 0 fully saturated rings. The van der Waals surface area contributed by atoms with Gasteiger partial charge in [0.05, 0.1) is 0 Å². The molecule has 5 heteroatoms. The molecule has 0 bridgehead atoms. The second kappa shape index (κ2) is 8.85. The predicted octanol–water partition coefficient (Wildman–Crippen LogP) is 3.20. The lowest BCUT2D eigenvalue weighted by Gasteiger charge is -2.20. The summed E-state index contributed by atoms with van der Waals surface area (Å²) in [7, 11) is -2.04. The molecule has 0 aliphatic heterocycles. The molecule has 83 valence electrons. The van der Waals surface area contributed by atoms with Crippen molar-refractivity contribution in [3.63, 3.8) is 0 Å². The van der Waals surface area contributed by atoms with E-state index in [1.807, 2.05) is 0 Å². The monoisotopic (exact) mass is 247 g/mol. The molecule has 0 aliphatic carbocycles. The standard InChI is InChI=1S/C9H23O2Si3/c1-6-13(7-2)10-12(5)11-14(8-3)9-4/h6-9H2,1-5H3. The van der Waals surface area contributed by atoms with Gasteiger partial charge in [-0.15, -0.1) is 0 Å². The maximum atomic E-state index is 5.99. The van der Waals surface area contributed by atoms with Gasteiger partial charge in [-0.05, 0) is 30.7 Å². The molecule has 0 saturated heterocycles. The Balaban J connectivity index is 3.77. The summed E-state index contributed by atoms with van der Waals surface area (Å²) in [6.45, 7) is 11.0. The van der Waals surface area contributed by atoms with Crippen LogP contribution in [0.2, 0.25) is 30.7 Å². The van der Waals surface area contributed by atoms with Crippen molar-refractivity contribution >= 4 is 27.4 Å². The zero-order chi connectivity index (χ0) is 11.0. The minimum atomic E-state index is -0.945. The second-order valence-electron chi connectivity index (χ2n) is 3.19. The second-order valence-corrected chi connectivity index (χ2v) is 10.8. The van der Waals surface area contributed by atoms with Crippen LogP contribution in [0.15, 0.2) is 0 Å². The molecule has 2 nitrogen and oxygen atoms in total. The van der Waals surface area contributed by atoms with E-state index in [9.17, 15) is 0 Å². The Kier molecular flexibility index (Phi) is 9.21. The fraction of sp³-hybridized carbons (Fsp3) is 1.00. The van der Waals surface area contributed by atoms with Crippen LogP contribution in [0.4, 0.5) is 0 Å². The minimum absolute atomic E-state index is 0.547. The van der Waals surface area contributed by atoms with Crippen LogP contribution in [0, 0.1) is 0 Å². The van der Waals surface area contributed by atoms with E-state index < -0.39 is 27.4 Å². The van der Waals surface area contributed by atoms with Gasteiger partial charge in [0.15, 0.2) is 18.1 Å². The molecular weight excluding hydrogens is 224 g/mol. The Morgan fingerprint density at radius 2 is 1.00 bits per heavy atom. The molecule has 0 aromatic carbocycles. The van der Waals surface area contributed by atoms with Gasteiger partial charge in [-0.25, -0.2) is 0 Å². The van der Waals surface area contributed by atoms with Crippen molar-refractivity contribution in [3.8, 4) is 0 Å². The van der Waals surface area contributed by atoms with Crippen molar-refractivity contribution in [3.05, 3.63) is 0 Å². The SMILES string of the molecule is CC[Si](CC)O[Si](C)O[Si](CC)CC. The topological polar surface area (TPSA) is 18.5 Å². The van der Waals surface area contributed by atoms with Crippen LogP contribution in [0.1, 0.15) is 27.7 Å². The highest BCUT2D eigenvalue weighted by Gasteiger charge is 2.19. The first-order valence-corrected chi connectivity index (χ1v) is 11.0. The molecule has 0 aromatic heterocycles. The molecule has 0 aromatic rings. The lowest BCUT2D eigenvalue weighted by molar-refractivity contribution is 0.437. The zero-order valence-corrected chi connectivity index (χ0v) is 13.1. The summed E-state index contributed by atoms with van der Waals surface area (Å²) >= 11 is 0. The summed E-state index contributed by atoms with van der Waals surface area (Å²) in [5.74, 6) is 0. The van der Waals surface area contributed by atoms with Crippen molar-refractivity contribution in [2.45, 2.75) is 58.4 Å². The van der Waals surface area contributed by atoms with Gasteiger partial charge in [-0.2, -0.15) is 0 Å². The van der Waals surface area contributed by atoms with Gasteiger partial charge in [-0.1, -0.05) is 27.7 Å². The van der Waals surface area contributed by atoms with E-state index in [4.69, 9.17) is 8.23 Å². The van der Waals surface area contributed by atoms with Gasteiger partial charge < -0.3 is 8.23 Å². The highest BCUT2D eigenvalue weighted by Crippen LogP contribution is 2.07. The van der Waals surface area contributed by atoms with Crippen LogP contribution >= 0.6 is 0 Å². The number of rotatable bonds is 8. The molecule has 14 heavy (non-hydrogen) atoms. The third-order valence-electron chi connectivity index (χ3n) is 2.15. The molecule has 3 radical (unpaired) electrons. The van der Waals surface area contributed by atoms with Crippen molar-refractivity contribution in [2.24, 2.45) is 0 Å². The number of hydrogen-bond donors (Lipinski definition) is 0. The average molecular weight is 248 g/mol. The molecule has 0 saturated carbocycles. The van der Waals surface area contributed by atoms with E-state index in [-0.39, 0.29) is 0 Å². The van der Waals surface area contributed by atoms with E-state index in [0.29, 0.717) is 0 Å². The third-order valence-corrected chi connectivity index (χ3v) is 9.92. The normalized spacial score (nSPS) is 12.0. The number of hydrogen-bond acceptors (Lipinski definition) is 2. The summed E-state index contributed by atoms with van der Waals surface area (Å²) in [5, 5.41) is 0. The van der Waals surface area contributed by atoms with E-state index in [1.54, 1.807) is 0 Å². The maximum absolute atomic E-state index is 5.99. The Hall–Kier alpha value is 0.571. The lowest BCUT2D eigenvalue weighted by Crippen LogP contribution is -2.33. The quantitative estimate of drug-likeness (QED) is 0.613. The molecular formula is C9H23O2Si3. The lowest BCUT2D eigenvalue weighted by atomic mass is 11.0. The molecule has 0 unspecified atom stereocenters. The average Bonchev–Trinajstić information content (AvgIpc) is 2.22. The van der Waals surface area contributed by atoms with Crippen molar-refractivity contribution < 1.29 is 8.23 Å². The summed E-state index contributed by atoms with van der Waals surface area (Å²) in [5.41, 5.74) is 0. The molecule has 0 N–H and O–H groups in total. The fourth-order valence-corrected chi connectivity index (χ4v) is 8.32. The van der Waals surface area contributed by atoms with Crippen molar-refractivity contribution in [2.75, 3.05) is 0 Å². The molecule has 0 rings (SSSR count). The Bertz CT molecular complexity index is 113. The molecule has 0 aliphatic rings. The highest BCUT2D eigenvalue weighted by atomic mass is 28.4. The van der Waals surface area contributed by atoms with E-state index >= 15 is 0 Å². The van der Waals surface area contributed by atoms with Crippen LogP contribution in [0.3, 0.4) is 0 Å². The summed E-state index contributed by atoms with van der Waals surface area (Å²) in [4.78, 5) is 0. The first-order chi connectivity index (χ1) is 6.67. The van der Waals surface area contributed by atoms with Crippen LogP contribution in [0.5, 0.6) is 0 Å². The minimum Gasteiger partial charge on any atom is -0.435 e. The predicted molar refractivity (Wildman–Crippen MR) is 67.2 cm³/mol. The van der Waals surface area contributed by atoms with Gasteiger partial charge >= 0.3 is 9.28 Å². The van der Waals surface area contributed by atoms with Crippen LogP contribution < -0.4 is 0 Å². The van der Waals surface area contributed by atoms with Crippen LogP contribution in [0.25, 0.3) is 0 Å². The van der Waals surface area contributed by atoms with Gasteiger partial charge in [-0.3, -0.25) is 0 Å². The Morgan fingerprint density at radius 1 is 0.714 bits per heavy atom. The van der Waals surface area contributed by atoms with Gasteiger partial charge in [0.2, 0.25) is 0 Å². The summed E-state index contributed by atoms with van der Waals surface area (Å²) in [6.07, 6.45) is 0. The smallest absolute Gasteiger partial charge is 0.359 e. The van der Waals surface area contributed by atoms with Crippen LogP contribution in [-0.2, 0) is 8.23 Å². The van der Waals surface area contributed by atoms with E-state index in [2.05, 4.69) is 34.2 Å². The molecule has 0 heterocycles. The van der Waals surface area contributed by atoms with E-state index in [0.717, 1.165) is 0 Å². The maximum Gasteiger partial charge on any atom is 0.359 e. The summed E-state index contributed by atoms with van der Waals surface area (Å²) in [6, 6.07) is 4.80. The highest BCUT2D eigenvalue weighted by molar-refractivity contribution is 6.68. The molecule has 0 spiro atoms. The van der Waals surface area contributed by atoms with Crippen molar-refractivity contribution in [1.29, 1.82) is 0 Å². The Labute approximate surface area is 94.3 Å². The van der Waals surface area contributed by atoms with Crippen molar-refractivity contribution in [1.82, 2.24) is 0 Å². The first kappa shape index (κ1) is 14.6. The first-order valence-electron chi connectivity index (χ1n) is 5.56. The van der Waals surface area contributed by atoms with Crippen LogP contribution in [-0.4, -0.2) is 27.4 Å². The van der Waals surface area contributed by atoms with Gasteiger partial charge in [0, 0.05) is 0 Å². The molecule has 0 amide bonds. The third kappa shape index (κ3) is 6.13. The summed E-state index contributed by atoms with van der Waals surface area (Å²) < 4.78 is 12.0. The van der Waals surface area contributed by atoms with Gasteiger partial charge in [0.25, 0.3) is 0 Å². The van der Waals surface area contributed by atoms with E-state index in [1.165, 1.54) is 24.2 Å².